The second-order valence-electron chi connectivity index (χ2n) is 11.8. The maximum absolute atomic E-state index is 10.5. The van der Waals surface area contributed by atoms with Gasteiger partial charge < -0.3 is 24.4 Å². The number of piperidine rings is 1. The Balaban J connectivity index is 1.45. The maximum Gasteiger partial charge on any atom is 0.239 e. The minimum absolute atomic E-state index is 0.250. The minimum atomic E-state index is -0.649. The van der Waals surface area contributed by atoms with Gasteiger partial charge in [0.05, 0.1) is 46.4 Å². The topological polar surface area (TPSA) is 118 Å². The van der Waals surface area contributed by atoms with Crippen LogP contribution in [0.3, 0.4) is 0 Å². The number of morpholine rings is 1. The normalized spacial score (nSPS) is 19.3. The van der Waals surface area contributed by atoms with E-state index in [-0.39, 0.29) is 3.92 Å². The Morgan fingerprint density at radius 1 is 1.05 bits per heavy atom. The molecule has 0 aliphatic carbocycles. The van der Waals surface area contributed by atoms with Gasteiger partial charge in [-0.2, -0.15) is 9.97 Å². The summed E-state index contributed by atoms with van der Waals surface area (Å²) in [5, 5.41) is 21.0. The summed E-state index contributed by atoms with van der Waals surface area (Å²) in [6.45, 7) is 10.9. The van der Waals surface area contributed by atoms with Gasteiger partial charge in [-0.3, -0.25) is 9.47 Å². The van der Waals surface area contributed by atoms with Crippen molar-refractivity contribution in [3.8, 4) is 5.95 Å². The van der Waals surface area contributed by atoms with Gasteiger partial charge in [-0.1, -0.05) is 34.7 Å². The lowest BCUT2D eigenvalue weighted by Gasteiger charge is -2.37. The van der Waals surface area contributed by atoms with Crippen LogP contribution in [0.4, 0.5) is 5.82 Å². The molecule has 2 fully saturated rings. The molecule has 3 aromatic heterocycles. The zero-order valence-corrected chi connectivity index (χ0v) is 26.3. The van der Waals surface area contributed by atoms with E-state index in [0.29, 0.717) is 37.4 Å². The van der Waals surface area contributed by atoms with Gasteiger partial charge in [-0.15, -0.1) is 0 Å². The Labute approximate surface area is 253 Å². The Hall–Kier alpha value is -2.39. The molecule has 4 aromatic rings. The van der Waals surface area contributed by atoms with Crippen molar-refractivity contribution in [2.75, 3.05) is 44.3 Å². The van der Waals surface area contributed by atoms with Gasteiger partial charge in [0, 0.05) is 20.1 Å². The summed E-state index contributed by atoms with van der Waals surface area (Å²) in [6.07, 6.45) is 1.33. The van der Waals surface area contributed by atoms with E-state index in [2.05, 4.69) is 37.0 Å². The number of fused-ring (bicyclic) bond motifs is 2. The molecule has 0 bridgehead atoms. The molecule has 12 heteroatoms. The molecular weight excluding hydrogens is 635 g/mol. The predicted molar refractivity (Wildman–Crippen MR) is 167 cm³/mol. The largest absolute Gasteiger partial charge is 0.392 e. The van der Waals surface area contributed by atoms with Gasteiger partial charge in [0.2, 0.25) is 5.95 Å². The van der Waals surface area contributed by atoms with Crippen LogP contribution in [-0.2, 0) is 18.3 Å². The maximum atomic E-state index is 10.5. The molecule has 11 nitrogen and oxygen atoms in total. The second-order valence-corrected chi connectivity index (χ2v) is 13.2. The number of alkyl halides is 1. The monoisotopic (exact) mass is 674 g/mol. The lowest BCUT2D eigenvalue weighted by Crippen LogP contribution is -2.41. The number of aryl methyl sites for hydroxylation is 1. The highest BCUT2D eigenvalue weighted by molar-refractivity contribution is 14.1. The number of ether oxygens (including phenoxy) is 1. The smallest absolute Gasteiger partial charge is 0.239 e. The molecule has 2 unspecified atom stereocenters. The lowest BCUT2D eigenvalue weighted by atomic mass is 9.83. The van der Waals surface area contributed by atoms with E-state index in [1.807, 2.05) is 49.7 Å². The van der Waals surface area contributed by atoms with E-state index in [1.165, 1.54) is 0 Å². The number of benzene rings is 1. The first-order chi connectivity index (χ1) is 19.6. The first-order valence-electron chi connectivity index (χ1n) is 14.4. The van der Waals surface area contributed by atoms with Crippen molar-refractivity contribution in [2.24, 2.45) is 13.0 Å². The van der Waals surface area contributed by atoms with Crippen molar-refractivity contribution >= 4 is 50.6 Å². The lowest BCUT2D eigenvalue weighted by molar-refractivity contribution is -0.0139. The molecule has 2 atom stereocenters. The highest BCUT2D eigenvalue weighted by Crippen LogP contribution is 2.34. The summed E-state index contributed by atoms with van der Waals surface area (Å²) in [5.74, 6) is 3.27. The fraction of sp³-hybridized carbons (Fsp3) is 0.586. The van der Waals surface area contributed by atoms with Crippen molar-refractivity contribution in [1.29, 1.82) is 0 Å². The number of hydrogen-bond acceptors (Lipinski definition) is 9. The number of likely N-dealkylation sites (tertiary alicyclic amines) is 1. The summed E-state index contributed by atoms with van der Waals surface area (Å²) >= 11 is 2.25. The number of aromatic nitrogens is 6. The molecule has 1 aromatic carbocycles. The van der Waals surface area contributed by atoms with Crippen LogP contribution < -0.4 is 4.90 Å². The van der Waals surface area contributed by atoms with Crippen LogP contribution >= 0.6 is 22.6 Å². The van der Waals surface area contributed by atoms with Crippen LogP contribution in [-0.4, -0.2) is 95.3 Å². The van der Waals surface area contributed by atoms with Crippen LogP contribution in [0.5, 0.6) is 0 Å². The number of imidazole rings is 2. The Bertz CT molecular complexity index is 1530. The van der Waals surface area contributed by atoms with Crippen LogP contribution in [0.2, 0.25) is 0 Å². The quantitative estimate of drug-likeness (QED) is 0.225. The van der Waals surface area contributed by atoms with Crippen LogP contribution in [0.25, 0.3) is 28.1 Å². The van der Waals surface area contributed by atoms with Gasteiger partial charge >= 0.3 is 0 Å². The van der Waals surface area contributed by atoms with E-state index in [9.17, 15) is 10.2 Å². The molecule has 2 N–H and O–H groups in total. The third kappa shape index (κ3) is 5.56. The SMILES string of the molecule is CC(O)C(I)c1nc2ccccc2n1-c1nc(N2CCOCC2)c2nc(CN3CCC(C(C)(C)O)CC3)n(C)c2n1. The molecule has 2 saturated heterocycles. The van der Waals surface area contributed by atoms with E-state index in [4.69, 9.17) is 24.7 Å². The number of hydrogen-bond donors (Lipinski definition) is 2. The van der Waals surface area contributed by atoms with Crippen molar-refractivity contribution < 1.29 is 14.9 Å². The summed E-state index contributed by atoms with van der Waals surface area (Å²) in [7, 11) is 2.03. The van der Waals surface area contributed by atoms with Crippen molar-refractivity contribution in [2.45, 2.75) is 55.8 Å². The summed E-state index contributed by atoms with van der Waals surface area (Å²) in [6, 6.07) is 7.95. The van der Waals surface area contributed by atoms with Crippen LogP contribution in [0.15, 0.2) is 24.3 Å². The Kier molecular flexibility index (Phi) is 7.96. The van der Waals surface area contributed by atoms with E-state index in [0.717, 1.165) is 72.9 Å². The molecule has 0 radical (unpaired) electrons. The molecule has 220 valence electrons. The average Bonchev–Trinajstić information content (AvgIpc) is 3.50. The van der Waals surface area contributed by atoms with Crippen LogP contribution in [0.1, 0.15) is 49.2 Å². The second kappa shape index (κ2) is 11.4. The van der Waals surface area contributed by atoms with Gasteiger partial charge in [0.15, 0.2) is 17.0 Å². The number of aliphatic hydroxyl groups excluding tert-OH is 1. The molecular formula is C29H39IN8O3. The van der Waals surface area contributed by atoms with E-state index in [1.54, 1.807) is 6.92 Å². The highest BCUT2D eigenvalue weighted by Gasteiger charge is 2.32. The number of nitrogens with zero attached hydrogens (tertiary/aromatic N) is 8. The molecule has 41 heavy (non-hydrogen) atoms. The van der Waals surface area contributed by atoms with Gasteiger partial charge in [-0.05, 0) is 64.8 Å². The van der Waals surface area contributed by atoms with Crippen LogP contribution in [0, 0.1) is 5.92 Å². The molecule has 0 saturated carbocycles. The molecule has 6 rings (SSSR count). The Morgan fingerprint density at radius 2 is 1.76 bits per heavy atom. The summed E-state index contributed by atoms with van der Waals surface area (Å²) in [4.78, 5) is 24.9. The average molecular weight is 675 g/mol. The predicted octanol–water partition coefficient (Wildman–Crippen LogP) is 3.38. The molecule has 0 amide bonds. The third-order valence-electron chi connectivity index (χ3n) is 8.50. The number of anilines is 1. The number of para-hydroxylation sites is 2. The number of aliphatic hydroxyl groups is 2. The molecule has 2 aliphatic rings. The first-order valence-corrected chi connectivity index (χ1v) is 15.7. The zero-order chi connectivity index (χ0) is 28.9. The molecule has 2 aliphatic heterocycles. The van der Waals surface area contributed by atoms with Crippen molar-refractivity contribution in [3.63, 3.8) is 0 Å². The first kappa shape index (κ1) is 28.7. The zero-order valence-electron chi connectivity index (χ0n) is 24.2. The van der Waals surface area contributed by atoms with E-state index < -0.39 is 11.7 Å². The summed E-state index contributed by atoms with van der Waals surface area (Å²) < 4.78 is 9.47. The van der Waals surface area contributed by atoms with Gasteiger partial charge in [0.25, 0.3) is 0 Å². The number of halogens is 1. The summed E-state index contributed by atoms with van der Waals surface area (Å²) in [5.41, 5.74) is 2.64. The number of rotatable bonds is 7. The van der Waals surface area contributed by atoms with Crippen molar-refractivity contribution in [3.05, 3.63) is 35.9 Å². The fourth-order valence-corrected chi connectivity index (χ4v) is 6.39. The van der Waals surface area contributed by atoms with E-state index >= 15 is 0 Å². The molecule has 5 heterocycles. The van der Waals surface area contributed by atoms with Gasteiger partial charge in [-0.25, -0.2) is 9.97 Å². The van der Waals surface area contributed by atoms with Gasteiger partial charge in [0.1, 0.15) is 11.6 Å². The van der Waals surface area contributed by atoms with Crippen molar-refractivity contribution in [1.82, 2.24) is 34.0 Å². The Morgan fingerprint density at radius 3 is 2.44 bits per heavy atom. The standard InChI is InChI=1S/C29H39IN8O3/c1-18(39)23(30)25-31-20-7-5-6-8-21(20)38(25)28-33-26-24(27(34-28)37-13-15-41-16-14-37)32-22(35(26)4)17-36-11-9-19(10-12-36)29(2,3)40/h5-8,18-19,23,39-40H,9-17H2,1-4H3. The highest BCUT2D eigenvalue weighted by atomic mass is 127. The molecule has 0 spiro atoms. The third-order valence-corrected chi connectivity index (χ3v) is 10.1. The fourth-order valence-electron chi connectivity index (χ4n) is 5.97. The minimum Gasteiger partial charge on any atom is -0.392 e.